The molecular formula is C19H16N4O2S. The summed E-state index contributed by atoms with van der Waals surface area (Å²) in [6.07, 6.45) is 5.26. The zero-order valence-corrected chi connectivity index (χ0v) is 14.7. The highest BCUT2D eigenvalue weighted by Crippen LogP contribution is 2.35. The van der Waals surface area contributed by atoms with Gasteiger partial charge in [-0.3, -0.25) is 4.79 Å². The topological polar surface area (TPSA) is 83.8 Å². The van der Waals surface area contributed by atoms with Crippen molar-refractivity contribution in [2.75, 3.05) is 5.32 Å². The predicted octanol–water partition coefficient (Wildman–Crippen LogP) is 4.80. The third-order valence-electron chi connectivity index (χ3n) is 4.72. The molecule has 26 heavy (non-hydrogen) atoms. The number of carbonyl (C=O) groups excluding carboxylic acids is 1. The third kappa shape index (κ3) is 2.70. The van der Waals surface area contributed by atoms with Gasteiger partial charge in [0.15, 0.2) is 10.8 Å². The maximum atomic E-state index is 12.5. The fourth-order valence-corrected chi connectivity index (χ4v) is 3.84. The van der Waals surface area contributed by atoms with Gasteiger partial charge in [0.05, 0.1) is 17.3 Å². The second-order valence-electron chi connectivity index (χ2n) is 6.45. The summed E-state index contributed by atoms with van der Waals surface area (Å²) in [7, 11) is 0. The molecule has 1 saturated carbocycles. The number of furan rings is 1. The summed E-state index contributed by atoms with van der Waals surface area (Å²) in [6, 6.07) is 9.34. The Hall–Kier alpha value is -2.93. The van der Waals surface area contributed by atoms with E-state index in [9.17, 15) is 4.79 Å². The first kappa shape index (κ1) is 15.3. The van der Waals surface area contributed by atoms with Crippen LogP contribution in [0.2, 0.25) is 0 Å². The molecule has 1 amide bonds. The number of fused-ring (bicyclic) bond motifs is 1. The normalized spacial score (nSPS) is 14.5. The quantitative estimate of drug-likeness (QED) is 0.545. The molecule has 7 heteroatoms. The van der Waals surface area contributed by atoms with E-state index >= 15 is 0 Å². The summed E-state index contributed by atoms with van der Waals surface area (Å²) in [5.74, 6) is 2.03. The molecule has 0 spiro atoms. The Kier molecular flexibility index (Phi) is 3.60. The number of hydrogen-bond donors (Lipinski definition) is 2. The van der Waals surface area contributed by atoms with E-state index in [2.05, 4.69) is 20.3 Å². The number of hydrogen-bond acceptors (Lipinski definition) is 5. The van der Waals surface area contributed by atoms with Gasteiger partial charge in [-0.15, -0.1) is 11.3 Å². The van der Waals surface area contributed by atoms with Gasteiger partial charge in [0, 0.05) is 17.0 Å². The maximum Gasteiger partial charge on any atom is 0.275 e. The molecule has 3 heterocycles. The van der Waals surface area contributed by atoms with Crippen LogP contribution in [0.15, 0.2) is 46.4 Å². The number of nitrogens with one attached hydrogen (secondary N) is 2. The first-order chi connectivity index (χ1) is 12.8. The predicted molar refractivity (Wildman–Crippen MR) is 100 cm³/mol. The Morgan fingerprint density at radius 2 is 2.19 bits per heavy atom. The Balaban J connectivity index is 1.36. The molecule has 0 unspecified atom stereocenters. The minimum absolute atomic E-state index is 0.239. The standard InChI is InChI=1S/C19H16N4O2S/c24-18(15-10-26-19(23-15)16-5-2-8-25-16)20-12-6-7-13-14(9-12)22-17(21-13)11-3-1-4-11/h2,5-11H,1,3-4H2,(H,20,24)(H,21,22). The van der Waals surface area contributed by atoms with E-state index in [0.29, 0.717) is 22.4 Å². The van der Waals surface area contributed by atoms with Crippen molar-refractivity contribution in [1.29, 1.82) is 0 Å². The first-order valence-electron chi connectivity index (χ1n) is 8.57. The van der Waals surface area contributed by atoms with E-state index in [4.69, 9.17) is 4.42 Å². The van der Waals surface area contributed by atoms with Gasteiger partial charge in [-0.2, -0.15) is 0 Å². The average molecular weight is 364 g/mol. The number of anilines is 1. The number of benzene rings is 1. The second-order valence-corrected chi connectivity index (χ2v) is 7.31. The van der Waals surface area contributed by atoms with E-state index < -0.39 is 0 Å². The summed E-state index contributed by atoms with van der Waals surface area (Å²) in [6.45, 7) is 0. The Bertz CT molecular complexity index is 1080. The zero-order chi connectivity index (χ0) is 17.5. The van der Waals surface area contributed by atoms with Crippen LogP contribution in [-0.2, 0) is 0 Å². The van der Waals surface area contributed by atoms with Crippen LogP contribution in [-0.4, -0.2) is 20.9 Å². The molecular weight excluding hydrogens is 348 g/mol. The lowest BCUT2D eigenvalue weighted by Gasteiger charge is -2.22. The van der Waals surface area contributed by atoms with Crippen molar-refractivity contribution in [2.24, 2.45) is 0 Å². The van der Waals surface area contributed by atoms with Crippen molar-refractivity contribution >= 4 is 34.0 Å². The van der Waals surface area contributed by atoms with Gasteiger partial charge < -0.3 is 14.7 Å². The molecule has 1 aromatic carbocycles. The number of nitrogens with zero attached hydrogens (tertiary/aromatic N) is 2. The molecule has 0 atom stereocenters. The number of thiazole rings is 1. The maximum absolute atomic E-state index is 12.5. The summed E-state index contributed by atoms with van der Waals surface area (Å²) in [4.78, 5) is 24.9. The Morgan fingerprint density at radius 3 is 2.96 bits per heavy atom. The number of carbonyl (C=O) groups is 1. The molecule has 6 nitrogen and oxygen atoms in total. The monoisotopic (exact) mass is 364 g/mol. The van der Waals surface area contributed by atoms with E-state index in [0.717, 1.165) is 22.5 Å². The molecule has 3 aromatic heterocycles. The molecule has 0 radical (unpaired) electrons. The first-order valence-corrected chi connectivity index (χ1v) is 9.45. The molecule has 1 aliphatic rings. The van der Waals surface area contributed by atoms with Crippen molar-refractivity contribution in [3.05, 3.63) is 53.5 Å². The van der Waals surface area contributed by atoms with Gasteiger partial charge in [-0.1, -0.05) is 6.42 Å². The van der Waals surface area contributed by atoms with Crippen molar-refractivity contribution in [3.8, 4) is 10.8 Å². The Morgan fingerprint density at radius 1 is 1.27 bits per heavy atom. The van der Waals surface area contributed by atoms with Gasteiger partial charge in [-0.05, 0) is 43.2 Å². The summed E-state index contributed by atoms with van der Waals surface area (Å²) in [5.41, 5.74) is 2.97. The number of aromatic nitrogens is 3. The van der Waals surface area contributed by atoms with Crippen molar-refractivity contribution in [3.63, 3.8) is 0 Å². The van der Waals surface area contributed by atoms with Crippen LogP contribution >= 0.6 is 11.3 Å². The van der Waals surface area contributed by atoms with Crippen LogP contribution in [0.4, 0.5) is 5.69 Å². The average Bonchev–Trinajstić information content (AvgIpc) is 3.32. The van der Waals surface area contributed by atoms with Crippen molar-refractivity contribution in [2.45, 2.75) is 25.2 Å². The SMILES string of the molecule is O=C(Nc1ccc2nc(C3CCC3)[nH]c2c1)c1csc(-c2ccco2)n1. The fourth-order valence-electron chi connectivity index (χ4n) is 3.07. The van der Waals surface area contributed by atoms with E-state index in [1.54, 1.807) is 17.7 Å². The van der Waals surface area contributed by atoms with Crippen molar-refractivity contribution in [1.82, 2.24) is 15.0 Å². The largest absolute Gasteiger partial charge is 0.462 e. The van der Waals surface area contributed by atoms with Crippen LogP contribution in [0, 0.1) is 0 Å². The van der Waals surface area contributed by atoms with Crippen LogP contribution in [0.1, 0.15) is 41.5 Å². The summed E-state index contributed by atoms with van der Waals surface area (Å²) >= 11 is 1.38. The zero-order valence-electron chi connectivity index (χ0n) is 13.9. The second kappa shape index (κ2) is 6.10. The lowest BCUT2D eigenvalue weighted by atomic mass is 9.85. The molecule has 1 fully saturated rings. The molecule has 0 aliphatic heterocycles. The molecule has 0 bridgehead atoms. The third-order valence-corrected chi connectivity index (χ3v) is 5.58. The highest BCUT2D eigenvalue weighted by molar-refractivity contribution is 7.13. The highest BCUT2D eigenvalue weighted by Gasteiger charge is 2.22. The van der Waals surface area contributed by atoms with E-state index in [1.165, 1.54) is 30.6 Å². The van der Waals surface area contributed by atoms with Crippen molar-refractivity contribution < 1.29 is 9.21 Å². The van der Waals surface area contributed by atoms with Crippen LogP contribution in [0.25, 0.3) is 21.8 Å². The smallest absolute Gasteiger partial charge is 0.275 e. The van der Waals surface area contributed by atoms with Gasteiger partial charge in [0.2, 0.25) is 0 Å². The number of imidazole rings is 1. The van der Waals surface area contributed by atoms with Gasteiger partial charge >= 0.3 is 0 Å². The van der Waals surface area contributed by atoms with E-state index in [1.807, 2.05) is 24.3 Å². The van der Waals surface area contributed by atoms with Gasteiger partial charge in [-0.25, -0.2) is 9.97 Å². The molecule has 0 saturated heterocycles. The van der Waals surface area contributed by atoms with Crippen LogP contribution in [0.5, 0.6) is 0 Å². The summed E-state index contributed by atoms with van der Waals surface area (Å²) < 4.78 is 5.32. The Labute approximate surface area is 153 Å². The number of aromatic amines is 1. The molecule has 130 valence electrons. The number of amides is 1. The lowest BCUT2D eigenvalue weighted by molar-refractivity contribution is 0.102. The fraction of sp³-hybridized carbons (Fsp3) is 0.211. The van der Waals surface area contributed by atoms with Crippen LogP contribution < -0.4 is 5.32 Å². The summed E-state index contributed by atoms with van der Waals surface area (Å²) in [5, 5.41) is 5.32. The van der Waals surface area contributed by atoms with Crippen LogP contribution in [0.3, 0.4) is 0 Å². The number of H-pyrrole nitrogens is 1. The lowest BCUT2D eigenvalue weighted by Crippen LogP contribution is -2.12. The highest BCUT2D eigenvalue weighted by atomic mass is 32.1. The molecule has 2 N–H and O–H groups in total. The molecule has 1 aliphatic carbocycles. The minimum atomic E-state index is -0.239. The van der Waals surface area contributed by atoms with Gasteiger partial charge in [0.25, 0.3) is 5.91 Å². The van der Waals surface area contributed by atoms with E-state index in [-0.39, 0.29) is 5.91 Å². The van der Waals surface area contributed by atoms with Gasteiger partial charge in [0.1, 0.15) is 11.5 Å². The molecule has 4 aromatic rings. The molecule has 5 rings (SSSR count). The minimum Gasteiger partial charge on any atom is -0.462 e. The number of rotatable bonds is 4.